The summed E-state index contributed by atoms with van der Waals surface area (Å²) in [5, 5.41) is 12.6. The molecule has 0 atom stereocenters. The summed E-state index contributed by atoms with van der Waals surface area (Å²) in [6.45, 7) is 0.553. The Bertz CT molecular complexity index is 550. The second-order valence-corrected chi connectivity index (χ2v) is 4.34. The Balaban J connectivity index is 2.20. The highest BCUT2D eigenvalue weighted by Gasteiger charge is 2.06. The molecule has 98 valence electrons. The normalized spacial score (nSPS) is 11.5. The van der Waals surface area contributed by atoms with Crippen molar-refractivity contribution in [3.63, 3.8) is 0 Å². The summed E-state index contributed by atoms with van der Waals surface area (Å²) in [6.07, 6.45) is 0.605. The van der Waals surface area contributed by atoms with Gasteiger partial charge in [0.25, 0.3) is 0 Å². The van der Waals surface area contributed by atoms with Crippen molar-refractivity contribution in [3.8, 4) is 0 Å². The molecule has 0 radical (unpaired) electrons. The third kappa shape index (κ3) is 3.66. The first-order valence-electron chi connectivity index (χ1n) is 6.16. The summed E-state index contributed by atoms with van der Waals surface area (Å²) in [6, 6.07) is 17.8. The number of oxime groups is 1. The summed E-state index contributed by atoms with van der Waals surface area (Å²) in [7, 11) is 1.66. The summed E-state index contributed by atoms with van der Waals surface area (Å²) in [5.74, 6) is 0. The molecule has 2 rings (SSSR count). The molecule has 0 aliphatic carbocycles. The molecule has 0 aliphatic rings. The molecule has 0 bridgehead atoms. The zero-order valence-corrected chi connectivity index (χ0v) is 10.9. The minimum atomic E-state index is 0.553. The Kier molecular flexibility index (Phi) is 4.70. The molecule has 0 unspecified atom stereocenters. The Morgan fingerprint density at radius 1 is 1.05 bits per heavy atom. The van der Waals surface area contributed by atoms with Crippen molar-refractivity contribution in [2.24, 2.45) is 5.16 Å². The van der Waals surface area contributed by atoms with Gasteiger partial charge in [-0.2, -0.15) is 0 Å². The average molecular weight is 255 g/mol. The van der Waals surface area contributed by atoms with Crippen molar-refractivity contribution in [2.45, 2.75) is 13.0 Å². The van der Waals surface area contributed by atoms with E-state index in [0.717, 1.165) is 16.7 Å². The molecule has 0 spiro atoms. The zero-order chi connectivity index (χ0) is 13.5. The van der Waals surface area contributed by atoms with Crippen LogP contribution in [0.1, 0.15) is 16.7 Å². The van der Waals surface area contributed by atoms with Crippen LogP contribution in [-0.4, -0.2) is 18.0 Å². The fourth-order valence-corrected chi connectivity index (χ4v) is 1.99. The molecule has 1 N–H and O–H groups in total. The van der Waals surface area contributed by atoms with Gasteiger partial charge in [-0.05, 0) is 22.8 Å². The highest BCUT2D eigenvalue weighted by Crippen LogP contribution is 2.11. The number of methoxy groups -OCH3 is 1. The molecule has 0 saturated heterocycles. The monoisotopic (exact) mass is 255 g/mol. The maximum atomic E-state index is 9.22. The molecule has 0 heterocycles. The largest absolute Gasteiger partial charge is 0.411 e. The Morgan fingerprint density at radius 2 is 1.79 bits per heavy atom. The van der Waals surface area contributed by atoms with Gasteiger partial charge in [-0.15, -0.1) is 0 Å². The zero-order valence-electron chi connectivity index (χ0n) is 10.9. The first-order valence-corrected chi connectivity index (χ1v) is 6.16. The minimum absolute atomic E-state index is 0.553. The molecule has 0 fully saturated rings. The Morgan fingerprint density at radius 3 is 2.47 bits per heavy atom. The number of ether oxygens (including phenoxy) is 1. The van der Waals surface area contributed by atoms with Crippen molar-refractivity contribution in [1.29, 1.82) is 0 Å². The van der Waals surface area contributed by atoms with Crippen LogP contribution in [0, 0.1) is 0 Å². The predicted molar refractivity (Wildman–Crippen MR) is 75.6 cm³/mol. The standard InChI is InChI=1S/C16H17NO2/c1-19-12-14-8-5-9-15(10-14)16(17-18)11-13-6-3-2-4-7-13/h2-10,18H,11-12H2,1H3/b17-16+. The summed E-state index contributed by atoms with van der Waals surface area (Å²) < 4.78 is 5.11. The van der Waals surface area contributed by atoms with Gasteiger partial charge in [-0.3, -0.25) is 0 Å². The lowest BCUT2D eigenvalue weighted by Crippen LogP contribution is -2.06. The van der Waals surface area contributed by atoms with Gasteiger partial charge in [0.15, 0.2) is 0 Å². The van der Waals surface area contributed by atoms with E-state index in [1.165, 1.54) is 0 Å². The fourth-order valence-electron chi connectivity index (χ4n) is 1.99. The van der Waals surface area contributed by atoms with Crippen LogP contribution in [0.15, 0.2) is 59.8 Å². The molecule has 0 amide bonds. The van der Waals surface area contributed by atoms with Gasteiger partial charge >= 0.3 is 0 Å². The van der Waals surface area contributed by atoms with Gasteiger partial charge < -0.3 is 9.94 Å². The van der Waals surface area contributed by atoms with Crippen molar-refractivity contribution in [2.75, 3.05) is 7.11 Å². The van der Waals surface area contributed by atoms with E-state index in [1.54, 1.807) is 7.11 Å². The van der Waals surface area contributed by atoms with Gasteiger partial charge in [0, 0.05) is 13.5 Å². The van der Waals surface area contributed by atoms with Gasteiger partial charge in [0.05, 0.1) is 12.3 Å². The molecule has 2 aromatic rings. The van der Waals surface area contributed by atoms with E-state index in [-0.39, 0.29) is 0 Å². The number of hydrogen-bond donors (Lipinski definition) is 1. The fraction of sp³-hybridized carbons (Fsp3) is 0.188. The molecular formula is C16H17NO2. The number of benzene rings is 2. The van der Waals surface area contributed by atoms with Gasteiger partial charge in [0.2, 0.25) is 0 Å². The average Bonchev–Trinajstić information content (AvgIpc) is 2.46. The van der Waals surface area contributed by atoms with Crippen molar-refractivity contribution < 1.29 is 9.94 Å². The molecule has 2 aromatic carbocycles. The quantitative estimate of drug-likeness (QED) is 0.506. The molecular weight excluding hydrogens is 238 g/mol. The first kappa shape index (κ1) is 13.3. The lowest BCUT2D eigenvalue weighted by atomic mass is 10.0. The molecule has 0 saturated carbocycles. The lowest BCUT2D eigenvalue weighted by molar-refractivity contribution is 0.185. The number of hydrogen-bond acceptors (Lipinski definition) is 3. The third-order valence-corrected chi connectivity index (χ3v) is 2.91. The Labute approximate surface area is 113 Å². The van der Waals surface area contributed by atoms with Crippen LogP contribution < -0.4 is 0 Å². The summed E-state index contributed by atoms with van der Waals surface area (Å²) in [4.78, 5) is 0. The highest BCUT2D eigenvalue weighted by molar-refractivity contribution is 6.01. The van der Waals surface area contributed by atoms with E-state index in [1.807, 2.05) is 54.6 Å². The van der Waals surface area contributed by atoms with E-state index < -0.39 is 0 Å². The molecule has 3 nitrogen and oxygen atoms in total. The van der Waals surface area contributed by atoms with E-state index in [0.29, 0.717) is 18.7 Å². The highest BCUT2D eigenvalue weighted by atomic mass is 16.5. The van der Waals surface area contributed by atoms with Gasteiger partial charge in [-0.1, -0.05) is 53.7 Å². The maximum absolute atomic E-state index is 9.22. The predicted octanol–water partition coefficient (Wildman–Crippen LogP) is 3.25. The van der Waals surface area contributed by atoms with Crippen molar-refractivity contribution in [1.82, 2.24) is 0 Å². The topological polar surface area (TPSA) is 41.8 Å². The van der Waals surface area contributed by atoms with Crippen LogP contribution in [-0.2, 0) is 17.8 Å². The minimum Gasteiger partial charge on any atom is -0.411 e. The van der Waals surface area contributed by atoms with Crippen LogP contribution in [0.4, 0.5) is 0 Å². The van der Waals surface area contributed by atoms with Crippen LogP contribution in [0.2, 0.25) is 0 Å². The first-order chi connectivity index (χ1) is 9.33. The van der Waals surface area contributed by atoms with Gasteiger partial charge in [-0.25, -0.2) is 0 Å². The lowest BCUT2D eigenvalue weighted by Gasteiger charge is -2.07. The van der Waals surface area contributed by atoms with Crippen LogP contribution in [0.3, 0.4) is 0 Å². The smallest absolute Gasteiger partial charge is 0.0911 e. The second-order valence-electron chi connectivity index (χ2n) is 4.34. The van der Waals surface area contributed by atoms with E-state index in [9.17, 15) is 5.21 Å². The van der Waals surface area contributed by atoms with Gasteiger partial charge in [0.1, 0.15) is 0 Å². The van der Waals surface area contributed by atoms with E-state index in [2.05, 4.69) is 5.16 Å². The van der Waals surface area contributed by atoms with E-state index in [4.69, 9.17) is 4.74 Å². The number of nitrogens with zero attached hydrogens (tertiary/aromatic N) is 1. The van der Waals surface area contributed by atoms with Crippen LogP contribution in [0.25, 0.3) is 0 Å². The van der Waals surface area contributed by atoms with Crippen LogP contribution in [0.5, 0.6) is 0 Å². The number of rotatable bonds is 5. The SMILES string of the molecule is COCc1cccc(/C(Cc2ccccc2)=N/O)c1. The molecule has 3 heteroatoms. The second kappa shape index (κ2) is 6.71. The third-order valence-electron chi connectivity index (χ3n) is 2.91. The van der Waals surface area contributed by atoms with Crippen molar-refractivity contribution >= 4 is 5.71 Å². The van der Waals surface area contributed by atoms with Crippen molar-refractivity contribution in [3.05, 3.63) is 71.3 Å². The van der Waals surface area contributed by atoms with Crippen LogP contribution >= 0.6 is 0 Å². The van der Waals surface area contributed by atoms with E-state index >= 15 is 0 Å². The maximum Gasteiger partial charge on any atom is 0.0911 e. The summed E-state index contributed by atoms with van der Waals surface area (Å²) >= 11 is 0. The molecule has 0 aliphatic heterocycles. The Hall–Kier alpha value is -2.13. The molecule has 19 heavy (non-hydrogen) atoms. The molecule has 0 aromatic heterocycles. The summed E-state index contributed by atoms with van der Waals surface area (Å²) in [5.41, 5.74) is 3.76.